The number of benzene rings is 1. The third kappa shape index (κ3) is 10.7. The van der Waals surface area contributed by atoms with Crippen molar-refractivity contribution < 1.29 is 18.7 Å². The largest absolute Gasteiger partial charge is 0.494 e. The van der Waals surface area contributed by atoms with Crippen LogP contribution in [0.5, 0.6) is 5.75 Å². The van der Waals surface area contributed by atoms with Gasteiger partial charge in [0.25, 0.3) is 0 Å². The molecule has 0 radical (unpaired) electrons. The van der Waals surface area contributed by atoms with Gasteiger partial charge in [0.2, 0.25) is 0 Å². The Balaban J connectivity index is 2.27. The van der Waals surface area contributed by atoms with E-state index in [1.165, 1.54) is 18.2 Å². The molecule has 26 heavy (non-hydrogen) atoms. The lowest BCUT2D eigenvalue weighted by molar-refractivity contribution is -0.148. The van der Waals surface area contributed by atoms with Crippen molar-refractivity contribution in [1.82, 2.24) is 4.90 Å². The molecule has 0 aliphatic carbocycles. The van der Waals surface area contributed by atoms with Crippen molar-refractivity contribution in [3.05, 3.63) is 54.9 Å². The van der Waals surface area contributed by atoms with E-state index in [2.05, 4.69) is 11.5 Å². The van der Waals surface area contributed by atoms with E-state index < -0.39 is 5.60 Å². The van der Waals surface area contributed by atoms with Crippen LogP contribution in [0.25, 0.3) is 0 Å². The maximum absolute atomic E-state index is 12.8. The van der Waals surface area contributed by atoms with Gasteiger partial charge >= 0.3 is 5.97 Å². The van der Waals surface area contributed by atoms with E-state index >= 15 is 0 Å². The van der Waals surface area contributed by atoms with Gasteiger partial charge in [0, 0.05) is 25.7 Å². The number of nitrogens with zero attached hydrogens (tertiary/aromatic N) is 1. The molecular weight excluding hydrogens is 333 g/mol. The summed E-state index contributed by atoms with van der Waals surface area (Å²) in [6.45, 7) is 12.3. The number of ether oxygens (including phenoxy) is 2. The summed E-state index contributed by atoms with van der Waals surface area (Å²) in [5.74, 6) is 0.0800. The first-order valence-corrected chi connectivity index (χ1v) is 8.91. The molecule has 0 aromatic heterocycles. The van der Waals surface area contributed by atoms with Crippen LogP contribution in [0.15, 0.2) is 49.1 Å². The lowest BCUT2D eigenvalue weighted by Crippen LogP contribution is -2.27. The minimum atomic E-state index is -0.471. The number of carbonyl (C=O) groups excluding carboxylic acids is 1. The van der Waals surface area contributed by atoms with E-state index in [9.17, 15) is 9.18 Å². The van der Waals surface area contributed by atoms with Gasteiger partial charge in [0.05, 0.1) is 6.61 Å². The number of hydrogen-bond acceptors (Lipinski definition) is 4. The molecule has 0 bridgehead atoms. The van der Waals surface area contributed by atoms with Gasteiger partial charge in [-0.25, -0.2) is 9.18 Å². The average Bonchev–Trinajstić information content (AvgIpc) is 2.55. The summed E-state index contributed by atoms with van der Waals surface area (Å²) in [6.07, 6.45) is 6.78. The third-order valence-electron chi connectivity index (χ3n) is 3.36. The van der Waals surface area contributed by atoms with Crippen LogP contribution in [-0.2, 0) is 9.53 Å². The highest BCUT2D eigenvalue weighted by molar-refractivity contribution is 5.82. The van der Waals surface area contributed by atoms with Crippen LogP contribution >= 0.6 is 0 Å². The number of rotatable bonds is 11. The molecule has 0 saturated heterocycles. The molecule has 0 aliphatic rings. The van der Waals surface area contributed by atoms with Gasteiger partial charge in [-0.3, -0.25) is 4.90 Å². The van der Waals surface area contributed by atoms with E-state index in [1.54, 1.807) is 12.1 Å². The molecule has 0 amide bonds. The monoisotopic (exact) mass is 363 g/mol. The molecule has 144 valence electrons. The summed E-state index contributed by atoms with van der Waals surface area (Å²) in [7, 11) is 0. The van der Waals surface area contributed by atoms with Crippen LogP contribution in [0.4, 0.5) is 4.39 Å². The molecule has 0 aliphatic heterocycles. The van der Waals surface area contributed by atoms with Crippen molar-refractivity contribution in [3.8, 4) is 5.75 Å². The molecule has 4 nitrogen and oxygen atoms in total. The lowest BCUT2D eigenvalue weighted by atomic mass is 10.2. The van der Waals surface area contributed by atoms with Crippen molar-refractivity contribution in [1.29, 1.82) is 0 Å². The first kappa shape index (κ1) is 21.9. The molecule has 0 heterocycles. The number of halogens is 1. The number of esters is 1. The van der Waals surface area contributed by atoms with Gasteiger partial charge in [-0.05, 0) is 57.9 Å². The molecule has 0 N–H and O–H groups in total. The lowest BCUT2D eigenvalue weighted by Gasteiger charge is -2.20. The van der Waals surface area contributed by atoms with Gasteiger partial charge in [0.1, 0.15) is 17.2 Å². The highest BCUT2D eigenvalue weighted by Crippen LogP contribution is 2.11. The first-order valence-electron chi connectivity index (χ1n) is 8.91. The fraction of sp³-hybridized carbons (Fsp3) is 0.476. The van der Waals surface area contributed by atoms with Crippen LogP contribution in [0.2, 0.25) is 0 Å². The van der Waals surface area contributed by atoms with Gasteiger partial charge < -0.3 is 9.47 Å². The smallest absolute Gasteiger partial charge is 0.330 e. The van der Waals surface area contributed by atoms with Gasteiger partial charge in [-0.15, -0.1) is 6.58 Å². The van der Waals surface area contributed by atoms with E-state index in [0.29, 0.717) is 12.4 Å². The second-order valence-corrected chi connectivity index (χ2v) is 6.97. The summed E-state index contributed by atoms with van der Waals surface area (Å²) >= 11 is 0. The Morgan fingerprint density at radius 1 is 1.23 bits per heavy atom. The Kier molecular flexibility index (Phi) is 9.66. The van der Waals surface area contributed by atoms with Crippen LogP contribution < -0.4 is 4.74 Å². The van der Waals surface area contributed by atoms with Crippen LogP contribution in [-0.4, -0.2) is 42.7 Å². The molecule has 5 heteroatoms. The summed E-state index contributed by atoms with van der Waals surface area (Å²) in [6, 6.07) is 6.02. The minimum Gasteiger partial charge on any atom is -0.494 e. The third-order valence-corrected chi connectivity index (χ3v) is 3.36. The molecule has 0 atom stereocenters. The highest BCUT2D eigenvalue weighted by Gasteiger charge is 2.13. The average molecular weight is 363 g/mol. The zero-order valence-electron chi connectivity index (χ0n) is 16.0. The van der Waals surface area contributed by atoms with Crippen LogP contribution in [0, 0.1) is 5.82 Å². The van der Waals surface area contributed by atoms with Crippen molar-refractivity contribution in [3.63, 3.8) is 0 Å². The topological polar surface area (TPSA) is 38.8 Å². The Morgan fingerprint density at radius 3 is 2.54 bits per heavy atom. The molecule has 1 aromatic carbocycles. The van der Waals surface area contributed by atoms with Crippen LogP contribution in [0.1, 0.15) is 33.6 Å². The second kappa shape index (κ2) is 11.5. The summed E-state index contributed by atoms with van der Waals surface area (Å²) in [5.41, 5.74) is -0.471. The molecular formula is C21H30FNO3. The fourth-order valence-electron chi connectivity index (χ4n) is 2.26. The zero-order chi connectivity index (χ0) is 19.4. The van der Waals surface area contributed by atoms with E-state index in [4.69, 9.17) is 9.47 Å². The predicted octanol–water partition coefficient (Wildman–Crippen LogP) is 4.37. The van der Waals surface area contributed by atoms with Crippen molar-refractivity contribution in [2.45, 2.75) is 39.2 Å². The van der Waals surface area contributed by atoms with Crippen molar-refractivity contribution in [2.75, 3.05) is 26.2 Å². The van der Waals surface area contributed by atoms with Gasteiger partial charge in [-0.1, -0.05) is 12.2 Å². The van der Waals surface area contributed by atoms with E-state index in [0.717, 1.165) is 32.5 Å². The normalized spacial score (nSPS) is 11.7. The summed E-state index contributed by atoms with van der Waals surface area (Å²) in [5, 5.41) is 0. The van der Waals surface area contributed by atoms with Gasteiger partial charge in [-0.2, -0.15) is 0 Å². The van der Waals surface area contributed by atoms with Crippen molar-refractivity contribution in [2.24, 2.45) is 0 Å². The Morgan fingerprint density at radius 2 is 1.92 bits per heavy atom. The predicted molar refractivity (Wildman–Crippen MR) is 103 cm³/mol. The molecule has 0 saturated carbocycles. The highest BCUT2D eigenvalue weighted by atomic mass is 19.1. The molecule has 0 spiro atoms. The maximum atomic E-state index is 12.8. The van der Waals surface area contributed by atoms with E-state index in [1.807, 2.05) is 32.9 Å². The van der Waals surface area contributed by atoms with Crippen LogP contribution in [0.3, 0.4) is 0 Å². The fourth-order valence-corrected chi connectivity index (χ4v) is 2.26. The molecule has 0 unspecified atom stereocenters. The zero-order valence-corrected chi connectivity index (χ0v) is 16.0. The SMILES string of the molecule is C=CCN(CC/C=C/C(=O)OC(C)(C)C)CCCOc1ccc(F)cc1. The maximum Gasteiger partial charge on any atom is 0.330 e. The van der Waals surface area contributed by atoms with E-state index in [-0.39, 0.29) is 11.8 Å². The summed E-state index contributed by atoms with van der Waals surface area (Å²) < 4.78 is 23.7. The minimum absolute atomic E-state index is 0.269. The standard InChI is InChI=1S/C21H30FNO3/c1-5-14-23(15-7-6-9-20(24)26-21(2,3)4)16-8-17-25-19-12-10-18(22)11-13-19/h5-6,9-13H,1,7-8,14-17H2,2-4H3/b9-6+. The van der Waals surface area contributed by atoms with Crippen molar-refractivity contribution >= 4 is 5.97 Å². The second-order valence-electron chi connectivity index (χ2n) is 6.97. The molecule has 1 rings (SSSR count). The Bertz CT molecular complexity index is 576. The van der Waals surface area contributed by atoms with Gasteiger partial charge in [0.15, 0.2) is 0 Å². The Hall–Kier alpha value is -2.14. The quantitative estimate of drug-likeness (QED) is 0.253. The number of carbonyl (C=O) groups is 1. The molecule has 0 fully saturated rings. The first-order chi connectivity index (χ1) is 12.3. The molecule has 1 aromatic rings. The Labute approximate surface area is 156 Å². The summed E-state index contributed by atoms with van der Waals surface area (Å²) in [4.78, 5) is 13.9. The number of hydrogen-bond donors (Lipinski definition) is 0.